The van der Waals surface area contributed by atoms with Crippen LogP contribution in [-0.4, -0.2) is 32.7 Å². The van der Waals surface area contributed by atoms with Gasteiger partial charge in [-0.2, -0.15) is 5.10 Å². The van der Waals surface area contributed by atoms with E-state index in [0.29, 0.717) is 12.1 Å². The standard InChI is InChI=1S/C19H18N4O2/c1-13(22-12-16-15(19(22)24)6-5-9-20-16)14-10-21-23(11-14)17-7-3-4-8-18(17)25-2/h3-11,13H,12H2,1-2H3/t13-/m0/s1. The van der Waals surface area contributed by atoms with Crippen LogP contribution in [0.3, 0.4) is 0 Å². The highest BCUT2D eigenvalue weighted by molar-refractivity contribution is 5.97. The van der Waals surface area contributed by atoms with Crippen LogP contribution in [0, 0.1) is 0 Å². The highest BCUT2D eigenvalue weighted by Gasteiger charge is 2.32. The van der Waals surface area contributed by atoms with Gasteiger partial charge >= 0.3 is 0 Å². The summed E-state index contributed by atoms with van der Waals surface area (Å²) in [4.78, 5) is 18.8. The number of carbonyl (C=O) groups excluding carboxylic acids is 1. The number of fused-ring (bicyclic) bond motifs is 1. The summed E-state index contributed by atoms with van der Waals surface area (Å²) in [6.07, 6.45) is 5.45. The second-order valence-corrected chi connectivity index (χ2v) is 6.00. The molecule has 3 heterocycles. The quantitative estimate of drug-likeness (QED) is 0.736. The summed E-state index contributed by atoms with van der Waals surface area (Å²) in [5.74, 6) is 0.763. The monoisotopic (exact) mass is 334 g/mol. The van der Waals surface area contributed by atoms with Gasteiger partial charge in [0, 0.05) is 18.0 Å². The summed E-state index contributed by atoms with van der Waals surface area (Å²) < 4.78 is 7.17. The van der Waals surface area contributed by atoms with Gasteiger partial charge in [-0.15, -0.1) is 0 Å². The average Bonchev–Trinajstić information content (AvgIpc) is 3.27. The molecule has 1 amide bonds. The van der Waals surface area contributed by atoms with E-state index in [2.05, 4.69) is 10.1 Å². The lowest BCUT2D eigenvalue weighted by Gasteiger charge is -2.22. The van der Waals surface area contributed by atoms with Crippen LogP contribution >= 0.6 is 0 Å². The maximum absolute atomic E-state index is 12.6. The van der Waals surface area contributed by atoms with E-state index in [1.165, 1.54) is 0 Å². The average molecular weight is 334 g/mol. The smallest absolute Gasteiger partial charge is 0.256 e. The van der Waals surface area contributed by atoms with E-state index in [-0.39, 0.29) is 11.9 Å². The first-order valence-electron chi connectivity index (χ1n) is 8.12. The lowest BCUT2D eigenvalue weighted by molar-refractivity contribution is 0.0715. The second kappa shape index (κ2) is 6.05. The maximum atomic E-state index is 12.6. The molecule has 1 aliphatic heterocycles. The fourth-order valence-corrected chi connectivity index (χ4v) is 3.14. The molecule has 0 fully saturated rings. The van der Waals surface area contributed by atoms with Crippen molar-refractivity contribution in [2.75, 3.05) is 7.11 Å². The summed E-state index contributed by atoms with van der Waals surface area (Å²) in [5, 5.41) is 4.44. The van der Waals surface area contributed by atoms with E-state index < -0.39 is 0 Å². The van der Waals surface area contributed by atoms with Crippen LogP contribution in [-0.2, 0) is 6.54 Å². The highest BCUT2D eigenvalue weighted by atomic mass is 16.5. The third kappa shape index (κ3) is 2.55. The first kappa shape index (κ1) is 15.4. The number of para-hydroxylation sites is 2. The number of amides is 1. The number of ether oxygens (including phenoxy) is 1. The van der Waals surface area contributed by atoms with Crippen molar-refractivity contribution in [2.24, 2.45) is 0 Å². The predicted molar refractivity (Wildman–Crippen MR) is 92.6 cm³/mol. The SMILES string of the molecule is COc1ccccc1-n1cc([C@H](C)N2Cc3ncccc3C2=O)cn1. The van der Waals surface area contributed by atoms with Gasteiger partial charge in [-0.25, -0.2) is 4.68 Å². The first-order chi connectivity index (χ1) is 12.2. The zero-order valence-corrected chi connectivity index (χ0v) is 14.1. The number of rotatable bonds is 4. The molecular weight excluding hydrogens is 316 g/mol. The molecule has 0 saturated heterocycles. The van der Waals surface area contributed by atoms with Crippen molar-refractivity contribution in [1.82, 2.24) is 19.7 Å². The summed E-state index contributed by atoms with van der Waals surface area (Å²) in [6.45, 7) is 2.53. The van der Waals surface area contributed by atoms with Crippen molar-refractivity contribution in [3.8, 4) is 11.4 Å². The summed E-state index contributed by atoms with van der Waals surface area (Å²) in [6, 6.07) is 11.2. The summed E-state index contributed by atoms with van der Waals surface area (Å²) in [7, 11) is 1.64. The molecular formula is C19H18N4O2. The van der Waals surface area contributed by atoms with E-state index in [9.17, 15) is 4.79 Å². The fourth-order valence-electron chi connectivity index (χ4n) is 3.14. The molecule has 0 N–H and O–H groups in total. The minimum Gasteiger partial charge on any atom is -0.494 e. The van der Waals surface area contributed by atoms with Crippen molar-refractivity contribution in [1.29, 1.82) is 0 Å². The third-order valence-corrected chi connectivity index (χ3v) is 4.59. The molecule has 0 bridgehead atoms. The van der Waals surface area contributed by atoms with Crippen LogP contribution in [0.25, 0.3) is 5.69 Å². The van der Waals surface area contributed by atoms with Crippen LogP contribution in [0.15, 0.2) is 55.0 Å². The van der Waals surface area contributed by atoms with Gasteiger partial charge in [0.05, 0.1) is 37.2 Å². The van der Waals surface area contributed by atoms with E-state index in [1.54, 1.807) is 30.3 Å². The highest BCUT2D eigenvalue weighted by Crippen LogP contribution is 2.30. The number of pyridine rings is 1. The Kier molecular flexibility index (Phi) is 3.72. The molecule has 3 aromatic rings. The second-order valence-electron chi connectivity index (χ2n) is 6.00. The van der Waals surface area contributed by atoms with Gasteiger partial charge in [0.1, 0.15) is 11.4 Å². The Labute approximate surface area is 145 Å². The molecule has 126 valence electrons. The Balaban J connectivity index is 1.62. The minimum absolute atomic E-state index is 0.0145. The first-order valence-corrected chi connectivity index (χ1v) is 8.12. The fraction of sp³-hybridized carbons (Fsp3) is 0.211. The number of hydrogen-bond acceptors (Lipinski definition) is 4. The third-order valence-electron chi connectivity index (χ3n) is 4.59. The summed E-state index contributed by atoms with van der Waals surface area (Å²) in [5.41, 5.74) is 3.34. The Morgan fingerprint density at radius 1 is 1.20 bits per heavy atom. The molecule has 2 aromatic heterocycles. The van der Waals surface area contributed by atoms with Crippen LogP contribution in [0.2, 0.25) is 0 Å². The zero-order chi connectivity index (χ0) is 17.4. The predicted octanol–water partition coefficient (Wildman–Crippen LogP) is 2.99. The molecule has 4 rings (SSSR count). The van der Waals surface area contributed by atoms with Gasteiger partial charge in [0.15, 0.2) is 0 Å². The Morgan fingerprint density at radius 3 is 2.84 bits per heavy atom. The lowest BCUT2D eigenvalue weighted by Crippen LogP contribution is -2.27. The van der Waals surface area contributed by atoms with Crippen LogP contribution < -0.4 is 4.74 Å². The molecule has 0 aliphatic carbocycles. The van der Waals surface area contributed by atoms with Gasteiger partial charge in [-0.3, -0.25) is 9.78 Å². The number of hydrogen-bond donors (Lipinski definition) is 0. The van der Waals surface area contributed by atoms with E-state index in [0.717, 1.165) is 22.7 Å². The lowest BCUT2D eigenvalue weighted by atomic mass is 10.1. The maximum Gasteiger partial charge on any atom is 0.256 e. The van der Waals surface area contributed by atoms with Gasteiger partial charge < -0.3 is 9.64 Å². The zero-order valence-electron chi connectivity index (χ0n) is 14.1. The molecule has 1 aliphatic rings. The van der Waals surface area contributed by atoms with Gasteiger partial charge in [-0.1, -0.05) is 12.1 Å². The molecule has 0 unspecified atom stereocenters. The molecule has 6 heteroatoms. The number of methoxy groups -OCH3 is 1. The normalized spacial score (nSPS) is 14.5. The van der Waals surface area contributed by atoms with E-state index >= 15 is 0 Å². The van der Waals surface area contributed by atoms with Crippen LogP contribution in [0.1, 0.15) is 34.6 Å². The Morgan fingerprint density at radius 2 is 2.04 bits per heavy atom. The van der Waals surface area contributed by atoms with Gasteiger partial charge in [0.25, 0.3) is 5.91 Å². The van der Waals surface area contributed by atoms with Crippen molar-refractivity contribution < 1.29 is 9.53 Å². The summed E-state index contributed by atoms with van der Waals surface area (Å²) >= 11 is 0. The van der Waals surface area contributed by atoms with Crippen molar-refractivity contribution in [2.45, 2.75) is 19.5 Å². The number of benzene rings is 1. The van der Waals surface area contributed by atoms with Crippen LogP contribution in [0.4, 0.5) is 0 Å². The van der Waals surface area contributed by atoms with Crippen molar-refractivity contribution in [3.63, 3.8) is 0 Å². The molecule has 1 aromatic carbocycles. The minimum atomic E-state index is -0.0924. The van der Waals surface area contributed by atoms with Gasteiger partial charge in [0.2, 0.25) is 0 Å². The molecule has 0 saturated carbocycles. The number of carbonyl (C=O) groups is 1. The van der Waals surface area contributed by atoms with Crippen molar-refractivity contribution in [3.05, 3.63) is 71.8 Å². The number of nitrogens with zero attached hydrogens (tertiary/aromatic N) is 4. The van der Waals surface area contributed by atoms with Crippen molar-refractivity contribution >= 4 is 5.91 Å². The van der Waals surface area contributed by atoms with Crippen LogP contribution in [0.5, 0.6) is 5.75 Å². The molecule has 0 radical (unpaired) electrons. The van der Waals surface area contributed by atoms with E-state index in [4.69, 9.17) is 4.74 Å². The molecule has 6 nitrogen and oxygen atoms in total. The largest absolute Gasteiger partial charge is 0.494 e. The van der Waals surface area contributed by atoms with Gasteiger partial charge in [-0.05, 0) is 31.2 Å². The Bertz CT molecular complexity index is 934. The molecule has 0 spiro atoms. The Hall–Kier alpha value is -3.15. The molecule has 25 heavy (non-hydrogen) atoms. The number of aromatic nitrogens is 3. The topological polar surface area (TPSA) is 60.2 Å². The van der Waals surface area contributed by atoms with E-state index in [1.807, 2.05) is 48.4 Å². The molecule has 1 atom stereocenters.